The summed E-state index contributed by atoms with van der Waals surface area (Å²) >= 11 is 0. The molecule has 2 aromatic rings. The predicted octanol–water partition coefficient (Wildman–Crippen LogP) is 3.53. The highest BCUT2D eigenvalue weighted by molar-refractivity contribution is 5.74. The van der Waals surface area contributed by atoms with Crippen molar-refractivity contribution in [3.63, 3.8) is 0 Å². The number of carbonyl (C=O) groups is 1. The molecule has 1 aliphatic rings. The number of halogens is 1. The van der Waals surface area contributed by atoms with E-state index in [9.17, 15) is 9.18 Å². The molecule has 0 spiro atoms. The number of nitrogens with zero attached hydrogens (tertiary/aromatic N) is 2. The summed E-state index contributed by atoms with van der Waals surface area (Å²) in [5.74, 6) is -0.291. The largest absolute Gasteiger partial charge is 0.369 e. The molecule has 1 saturated heterocycles. The van der Waals surface area contributed by atoms with Crippen molar-refractivity contribution in [1.82, 2.24) is 15.5 Å². The predicted molar refractivity (Wildman–Crippen MR) is 116 cm³/mol. The van der Waals surface area contributed by atoms with Crippen LogP contribution in [0.2, 0.25) is 0 Å². The molecule has 0 bridgehead atoms. The normalized spacial score (nSPS) is 15.8. The minimum atomic E-state index is -0.291. The summed E-state index contributed by atoms with van der Waals surface area (Å²) in [7, 11) is 0. The zero-order valence-electron chi connectivity index (χ0n) is 17.3. The molecule has 2 aromatic carbocycles. The molecule has 6 heteroatoms. The van der Waals surface area contributed by atoms with Gasteiger partial charge in [0, 0.05) is 51.0 Å². The summed E-state index contributed by atoms with van der Waals surface area (Å²) in [6.07, 6.45) is 0.901. The molecule has 0 aliphatic carbocycles. The van der Waals surface area contributed by atoms with Gasteiger partial charge in [0.15, 0.2) is 0 Å². The fourth-order valence-corrected chi connectivity index (χ4v) is 3.61. The van der Waals surface area contributed by atoms with Crippen molar-refractivity contribution in [3.05, 3.63) is 65.5 Å². The number of carbonyl (C=O) groups excluding carboxylic acids is 1. The van der Waals surface area contributed by atoms with Gasteiger partial charge in [-0.15, -0.1) is 0 Å². The number of anilines is 1. The number of urea groups is 1. The Morgan fingerprint density at radius 3 is 2.59 bits per heavy atom. The molecule has 1 heterocycles. The van der Waals surface area contributed by atoms with Crippen LogP contribution in [0.1, 0.15) is 24.5 Å². The molecule has 5 nitrogen and oxygen atoms in total. The molecule has 1 atom stereocenters. The van der Waals surface area contributed by atoms with E-state index < -0.39 is 0 Å². The van der Waals surface area contributed by atoms with Crippen LogP contribution >= 0.6 is 0 Å². The van der Waals surface area contributed by atoms with Gasteiger partial charge in [0.1, 0.15) is 5.82 Å². The molecular weight excluding hydrogens is 367 g/mol. The highest BCUT2D eigenvalue weighted by Crippen LogP contribution is 2.17. The summed E-state index contributed by atoms with van der Waals surface area (Å²) < 4.78 is 13.2. The Morgan fingerprint density at radius 2 is 1.86 bits per heavy atom. The van der Waals surface area contributed by atoms with Crippen molar-refractivity contribution in [2.45, 2.75) is 32.9 Å². The van der Waals surface area contributed by atoms with Crippen LogP contribution in [0, 0.1) is 12.7 Å². The van der Waals surface area contributed by atoms with E-state index >= 15 is 0 Å². The highest BCUT2D eigenvalue weighted by atomic mass is 19.1. The second kappa shape index (κ2) is 10.3. The second-order valence-electron chi connectivity index (χ2n) is 7.81. The summed E-state index contributed by atoms with van der Waals surface area (Å²) in [6.45, 7) is 9.55. The second-order valence-corrected chi connectivity index (χ2v) is 7.81. The van der Waals surface area contributed by atoms with Gasteiger partial charge >= 0.3 is 6.03 Å². The third-order valence-corrected chi connectivity index (χ3v) is 5.34. The maximum Gasteiger partial charge on any atom is 0.315 e. The maximum atomic E-state index is 13.2. The molecule has 0 saturated carbocycles. The van der Waals surface area contributed by atoms with E-state index in [1.165, 1.54) is 23.4 Å². The molecule has 0 radical (unpaired) electrons. The average molecular weight is 399 g/mol. The standard InChI is InChI=1S/C23H31FN4O/c1-18-5-3-8-22(15-18)28-13-11-27(12-14-28)10-9-19(2)26-23(29)25-17-20-6-4-7-21(24)16-20/h3-8,15-16,19H,9-14,17H2,1-2H3,(H2,25,26,29)/t19-/m1/s1. The van der Waals surface area contributed by atoms with Crippen molar-refractivity contribution < 1.29 is 9.18 Å². The molecule has 1 fully saturated rings. The molecule has 2 N–H and O–H groups in total. The Bertz CT molecular complexity index is 805. The number of nitrogens with one attached hydrogen (secondary N) is 2. The number of benzene rings is 2. The first-order chi connectivity index (χ1) is 14.0. The summed E-state index contributed by atoms with van der Waals surface area (Å²) in [4.78, 5) is 16.9. The van der Waals surface area contributed by atoms with Crippen LogP contribution in [0.5, 0.6) is 0 Å². The lowest BCUT2D eigenvalue weighted by molar-refractivity contribution is 0.227. The van der Waals surface area contributed by atoms with E-state index in [1.54, 1.807) is 12.1 Å². The number of amides is 2. The summed E-state index contributed by atoms with van der Waals surface area (Å²) in [5, 5.41) is 5.75. The van der Waals surface area contributed by atoms with Crippen LogP contribution in [0.4, 0.5) is 14.9 Å². The number of hydrogen-bond donors (Lipinski definition) is 2. The molecule has 1 aliphatic heterocycles. The molecule has 2 amide bonds. The van der Waals surface area contributed by atoms with Crippen molar-refractivity contribution in [3.8, 4) is 0 Å². The number of piperazine rings is 1. The Morgan fingerprint density at radius 1 is 1.10 bits per heavy atom. The first-order valence-electron chi connectivity index (χ1n) is 10.3. The van der Waals surface area contributed by atoms with E-state index in [2.05, 4.69) is 51.6 Å². The van der Waals surface area contributed by atoms with Gasteiger partial charge in [-0.3, -0.25) is 4.90 Å². The molecular formula is C23H31FN4O. The SMILES string of the molecule is Cc1cccc(N2CCN(CC[C@@H](C)NC(=O)NCc3cccc(F)c3)CC2)c1. The van der Waals surface area contributed by atoms with E-state index in [1.807, 2.05) is 6.92 Å². The molecule has 156 valence electrons. The van der Waals surface area contributed by atoms with Gasteiger partial charge in [0.25, 0.3) is 0 Å². The zero-order valence-corrected chi connectivity index (χ0v) is 17.3. The average Bonchev–Trinajstić information content (AvgIpc) is 2.71. The molecule has 29 heavy (non-hydrogen) atoms. The zero-order chi connectivity index (χ0) is 20.6. The molecule has 3 rings (SSSR count). The number of aryl methyl sites for hydroxylation is 1. The quantitative estimate of drug-likeness (QED) is 0.750. The smallest absolute Gasteiger partial charge is 0.315 e. The summed E-state index contributed by atoms with van der Waals surface area (Å²) in [5.41, 5.74) is 3.34. The van der Waals surface area contributed by atoms with E-state index in [0.29, 0.717) is 6.54 Å². The fraction of sp³-hybridized carbons (Fsp3) is 0.435. The van der Waals surface area contributed by atoms with Crippen LogP contribution in [0.25, 0.3) is 0 Å². The van der Waals surface area contributed by atoms with Crippen molar-refractivity contribution in [1.29, 1.82) is 0 Å². The van der Waals surface area contributed by atoms with Crippen molar-refractivity contribution >= 4 is 11.7 Å². The lowest BCUT2D eigenvalue weighted by atomic mass is 10.1. The summed E-state index contributed by atoms with van der Waals surface area (Å²) in [6, 6.07) is 14.8. The highest BCUT2D eigenvalue weighted by Gasteiger charge is 2.18. The van der Waals surface area contributed by atoms with Gasteiger partial charge in [0.2, 0.25) is 0 Å². The van der Waals surface area contributed by atoms with Crippen LogP contribution < -0.4 is 15.5 Å². The Balaban J connectivity index is 1.33. The number of hydrogen-bond acceptors (Lipinski definition) is 3. The van der Waals surface area contributed by atoms with E-state index in [0.717, 1.165) is 44.7 Å². The third-order valence-electron chi connectivity index (χ3n) is 5.34. The Labute approximate surface area is 172 Å². The van der Waals surface area contributed by atoms with Crippen LogP contribution in [0.3, 0.4) is 0 Å². The van der Waals surface area contributed by atoms with Crippen LogP contribution in [-0.2, 0) is 6.54 Å². The maximum absolute atomic E-state index is 13.2. The monoisotopic (exact) mass is 398 g/mol. The molecule has 0 unspecified atom stereocenters. The lowest BCUT2D eigenvalue weighted by Crippen LogP contribution is -2.48. The van der Waals surface area contributed by atoms with Gasteiger partial charge in [-0.05, 0) is 55.7 Å². The Kier molecular flexibility index (Phi) is 7.47. The molecule has 0 aromatic heterocycles. The van der Waals surface area contributed by atoms with Crippen molar-refractivity contribution in [2.24, 2.45) is 0 Å². The fourth-order valence-electron chi connectivity index (χ4n) is 3.61. The minimum absolute atomic E-state index is 0.0808. The number of rotatable bonds is 7. The first-order valence-corrected chi connectivity index (χ1v) is 10.3. The van der Waals surface area contributed by atoms with Gasteiger partial charge in [-0.25, -0.2) is 9.18 Å². The van der Waals surface area contributed by atoms with Crippen LogP contribution in [-0.4, -0.2) is 49.7 Å². The van der Waals surface area contributed by atoms with Crippen LogP contribution in [0.15, 0.2) is 48.5 Å². The van der Waals surface area contributed by atoms with Gasteiger partial charge in [-0.1, -0.05) is 24.3 Å². The topological polar surface area (TPSA) is 47.6 Å². The van der Waals surface area contributed by atoms with Gasteiger partial charge < -0.3 is 15.5 Å². The van der Waals surface area contributed by atoms with Gasteiger partial charge in [-0.2, -0.15) is 0 Å². The van der Waals surface area contributed by atoms with Gasteiger partial charge in [0.05, 0.1) is 0 Å². The third kappa shape index (κ3) is 6.75. The van der Waals surface area contributed by atoms with Crippen molar-refractivity contribution in [2.75, 3.05) is 37.6 Å². The Hall–Kier alpha value is -2.60. The lowest BCUT2D eigenvalue weighted by Gasteiger charge is -2.36. The first kappa shape index (κ1) is 21.1. The van der Waals surface area contributed by atoms with E-state index in [-0.39, 0.29) is 17.9 Å². The van der Waals surface area contributed by atoms with E-state index in [4.69, 9.17) is 0 Å². The minimum Gasteiger partial charge on any atom is -0.369 e.